The lowest BCUT2D eigenvalue weighted by atomic mass is 9.63. The fourth-order valence-corrected chi connectivity index (χ4v) is 4.83. The van der Waals surface area contributed by atoms with E-state index in [0.717, 1.165) is 15.6 Å². The van der Waals surface area contributed by atoms with Gasteiger partial charge in [0.25, 0.3) is 0 Å². The molecule has 1 saturated carbocycles. The second-order valence-electron chi connectivity index (χ2n) is 6.81. The third-order valence-corrected chi connectivity index (χ3v) is 5.63. The van der Waals surface area contributed by atoms with E-state index in [0.29, 0.717) is 19.3 Å². The van der Waals surface area contributed by atoms with Crippen LogP contribution in [0, 0.1) is 17.3 Å². The molecule has 0 aromatic heterocycles. The predicted molar refractivity (Wildman–Crippen MR) is 83.0 cm³/mol. The lowest BCUT2D eigenvalue weighted by Crippen LogP contribution is -2.45. The monoisotopic (exact) mass is 372 g/mol. The zero-order valence-electron chi connectivity index (χ0n) is 12.6. The number of rotatable bonds is 2. The molecular weight excluding hydrogens is 354 g/mol. The Hall–Kier alpha value is -0.810. The molecule has 2 aliphatic carbocycles. The van der Waals surface area contributed by atoms with Gasteiger partial charge in [0.2, 0.25) is 0 Å². The van der Waals surface area contributed by atoms with Crippen LogP contribution in [0.15, 0.2) is 22.7 Å². The molecule has 2 nitrogen and oxygen atoms in total. The van der Waals surface area contributed by atoms with Gasteiger partial charge in [-0.3, -0.25) is 4.79 Å². The normalized spacial score (nSPS) is 34.5. The number of hydrogen-bond acceptors (Lipinski definition) is 2. The summed E-state index contributed by atoms with van der Waals surface area (Å²) in [6.07, 6.45) is 1.46. The molecule has 3 rings (SSSR count). The summed E-state index contributed by atoms with van der Waals surface area (Å²) in [5.74, 6) is 0.0527. The molecule has 0 heterocycles. The molecular formula is C17H19BrF2O2. The molecule has 22 heavy (non-hydrogen) atoms. The van der Waals surface area contributed by atoms with Crippen molar-refractivity contribution in [1.82, 2.24) is 0 Å². The molecule has 0 saturated heterocycles. The van der Waals surface area contributed by atoms with Crippen molar-refractivity contribution in [3.8, 4) is 0 Å². The molecule has 1 spiro atoms. The van der Waals surface area contributed by atoms with Gasteiger partial charge in [-0.1, -0.05) is 35.8 Å². The first-order valence-electron chi connectivity index (χ1n) is 7.59. The summed E-state index contributed by atoms with van der Waals surface area (Å²) >= 11 is 3.41. The predicted octanol–water partition coefficient (Wildman–Crippen LogP) is 4.85. The molecule has 2 aliphatic rings. The highest BCUT2D eigenvalue weighted by Gasteiger charge is 2.52. The Morgan fingerprint density at radius 2 is 1.91 bits per heavy atom. The third kappa shape index (κ3) is 2.62. The molecule has 0 bridgehead atoms. The SMILES string of the molecule is C[C@@H]1C[C@@]2(Cc3ccc(Br)cc3C2=O)C[C@H](C)[C@H]1OC(F)F. The van der Waals surface area contributed by atoms with Crippen molar-refractivity contribution < 1.29 is 18.3 Å². The Bertz CT molecular complexity index is 590. The fourth-order valence-electron chi connectivity index (χ4n) is 4.47. The highest BCUT2D eigenvalue weighted by Crippen LogP contribution is 2.51. The lowest BCUT2D eigenvalue weighted by Gasteiger charge is -2.44. The van der Waals surface area contributed by atoms with Gasteiger partial charge < -0.3 is 4.74 Å². The minimum atomic E-state index is -2.75. The third-order valence-electron chi connectivity index (χ3n) is 5.13. The first-order chi connectivity index (χ1) is 10.3. The fraction of sp³-hybridized carbons (Fsp3) is 0.588. The van der Waals surface area contributed by atoms with Crippen molar-refractivity contribution in [3.63, 3.8) is 0 Å². The maximum absolute atomic E-state index is 12.9. The molecule has 4 atom stereocenters. The molecule has 1 aromatic carbocycles. The zero-order chi connectivity index (χ0) is 16.1. The van der Waals surface area contributed by atoms with Gasteiger partial charge in [-0.15, -0.1) is 0 Å². The molecule has 0 N–H and O–H groups in total. The second kappa shape index (κ2) is 5.68. The number of carbonyl (C=O) groups is 1. The van der Waals surface area contributed by atoms with Gasteiger partial charge in [0.15, 0.2) is 5.78 Å². The number of alkyl halides is 2. The van der Waals surface area contributed by atoms with E-state index in [1.165, 1.54) is 0 Å². The van der Waals surface area contributed by atoms with E-state index in [1.807, 2.05) is 32.0 Å². The quantitative estimate of drug-likeness (QED) is 0.741. The van der Waals surface area contributed by atoms with Crippen molar-refractivity contribution in [2.24, 2.45) is 17.3 Å². The topological polar surface area (TPSA) is 26.3 Å². The lowest BCUT2D eigenvalue weighted by molar-refractivity contribution is -0.201. The number of benzene rings is 1. The average molecular weight is 373 g/mol. The van der Waals surface area contributed by atoms with E-state index in [-0.39, 0.29) is 17.6 Å². The molecule has 5 heteroatoms. The van der Waals surface area contributed by atoms with Crippen LogP contribution in [0.1, 0.15) is 42.6 Å². The molecule has 0 unspecified atom stereocenters. The van der Waals surface area contributed by atoms with Gasteiger partial charge in [-0.25, -0.2) is 0 Å². The largest absolute Gasteiger partial charge is 0.345 e. The molecule has 1 aromatic rings. The van der Waals surface area contributed by atoms with Crippen LogP contribution in [0.25, 0.3) is 0 Å². The van der Waals surface area contributed by atoms with E-state index in [1.54, 1.807) is 0 Å². The van der Waals surface area contributed by atoms with Crippen LogP contribution in [0.3, 0.4) is 0 Å². The smallest absolute Gasteiger partial charge is 0.319 e. The van der Waals surface area contributed by atoms with E-state index >= 15 is 0 Å². The Morgan fingerprint density at radius 3 is 2.50 bits per heavy atom. The number of fused-ring (bicyclic) bond motifs is 1. The summed E-state index contributed by atoms with van der Waals surface area (Å²) in [5.41, 5.74) is 1.41. The molecule has 120 valence electrons. The van der Waals surface area contributed by atoms with Crippen molar-refractivity contribution >= 4 is 21.7 Å². The van der Waals surface area contributed by atoms with Crippen LogP contribution >= 0.6 is 15.9 Å². The van der Waals surface area contributed by atoms with Gasteiger partial charge in [0.1, 0.15) is 0 Å². The minimum absolute atomic E-state index is 0.0561. The molecule has 1 fully saturated rings. The van der Waals surface area contributed by atoms with Gasteiger partial charge in [-0.2, -0.15) is 8.78 Å². The Kier molecular flexibility index (Phi) is 4.14. The zero-order valence-corrected chi connectivity index (χ0v) is 14.2. The van der Waals surface area contributed by atoms with E-state index in [9.17, 15) is 13.6 Å². The number of carbonyl (C=O) groups excluding carboxylic acids is 1. The summed E-state index contributed by atoms with van der Waals surface area (Å²) in [4.78, 5) is 12.9. The summed E-state index contributed by atoms with van der Waals surface area (Å²) < 4.78 is 30.8. The average Bonchev–Trinajstić information content (AvgIpc) is 2.67. The Labute approximate surface area is 137 Å². The van der Waals surface area contributed by atoms with Crippen molar-refractivity contribution in [2.45, 2.75) is 45.8 Å². The highest BCUT2D eigenvalue weighted by atomic mass is 79.9. The van der Waals surface area contributed by atoms with Gasteiger partial charge in [0.05, 0.1) is 6.10 Å². The van der Waals surface area contributed by atoms with Crippen LogP contribution in [0.4, 0.5) is 8.78 Å². The summed E-state index contributed by atoms with van der Waals surface area (Å²) in [7, 11) is 0. The van der Waals surface area contributed by atoms with Crippen LogP contribution in [-0.2, 0) is 11.2 Å². The first kappa shape index (κ1) is 16.1. The summed E-state index contributed by atoms with van der Waals surface area (Å²) in [6, 6.07) is 5.82. The molecule has 0 amide bonds. The minimum Gasteiger partial charge on any atom is -0.319 e. The maximum atomic E-state index is 12.9. The Balaban J connectivity index is 1.87. The second-order valence-corrected chi connectivity index (χ2v) is 7.73. The van der Waals surface area contributed by atoms with Crippen molar-refractivity contribution in [2.75, 3.05) is 0 Å². The molecule has 0 aliphatic heterocycles. The highest BCUT2D eigenvalue weighted by molar-refractivity contribution is 9.10. The Morgan fingerprint density at radius 1 is 1.27 bits per heavy atom. The number of ether oxygens (including phenoxy) is 1. The maximum Gasteiger partial charge on any atom is 0.345 e. The standard InChI is InChI=1S/C17H19BrF2O2/c1-9-6-17(7-10(2)14(9)22-16(19)20)8-11-3-4-12(18)5-13(11)15(17)21/h3-5,9-10,14,16H,6-8H2,1-2H3/t9-,10+,14+,17+. The number of ketones is 1. The first-order valence-corrected chi connectivity index (χ1v) is 8.38. The number of Topliss-reactive ketones (excluding diaryl/α,β-unsaturated/α-hetero) is 1. The number of halogens is 3. The summed E-state index contributed by atoms with van der Waals surface area (Å²) in [6.45, 7) is 1.07. The van der Waals surface area contributed by atoms with Crippen molar-refractivity contribution in [1.29, 1.82) is 0 Å². The van der Waals surface area contributed by atoms with Crippen LogP contribution in [0.2, 0.25) is 0 Å². The van der Waals surface area contributed by atoms with Crippen LogP contribution in [-0.4, -0.2) is 18.5 Å². The number of hydrogen-bond donors (Lipinski definition) is 0. The van der Waals surface area contributed by atoms with Gasteiger partial charge in [-0.05, 0) is 48.8 Å². The van der Waals surface area contributed by atoms with E-state index in [4.69, 9.17) is 4.74 Å². The van der Waals surface area contributed by atoms with E-state index in [2.05, 4.69) is 15.9 Å². The van der Waals surface area contributed by atoms with Gasteiger partial charge in [0, 0.05) is 15.5 Å². The van der Waals surface area contributed by atoms with E-state index < -0.39 is 18.1 Å². The van der Waals surface area contributed by atoms with Gasteiger partial charge >= 0.3 is 6.61 Å². The van der Waals surface area contributed by atoms with Crippen LogP contribution < -0.4 is 0 Å². The summed E-state index contributed by atoms with van der Waals surface area (Å²) in [5, 5.41) is 0. The molecule has 0 radical (unpaired) electrons. The van der Waals surface area contributed by atoms with Crippen molar-refractivity contribution in [3.05, 3.63) is 33.8 Å². The van der Waals surface area contributed by atoms with Crippen LogP contribution in [0.5, 0.6) is 0 Å².